The summed E-state index contributed by atoms with van der Waals surface area (Å²) in [6, 6.07) is 0. The van der Waals surface area contributed by atoms with Gasteiger partial charge in [-0.3, -0.25) is 4.18 Å². The van der Waals surface area contributed by atoms with E-state index in [-0.39, 0.29) is 40.7 Å². The molecule has 2 unspecified atom stereocenters. The predicted molar refractivity (Wildman–Crippen MR) is 163 cm³/mol. The summed E-state index contributed by atoms with van der Waals surface area (Å²) in [6.45, 7) is 23.3. The first-order valence-corrected chi connectivity index (χ1v) is 22.7. The van der Waals surface area contributed by atoms with Crippen molar-refractivity contribution in [2.75, 3.05) is 12.9 Å². The Kier molecular flexibility index (Phi) is 8.66. The van der Waals surface area contributed by atoms with Crippen molar-refractivity contribution in [3.63, 3.8) is 0 Å². The molecule has 0 bridgehead atoms. The molecule has 226 valence electrons. The van der Waals surface area contributed by atoms with Crippen LogP contribution in [0.4, 0.5) is 0 Å². The minimum absolute atomic E-state index is 0.0183. The molecule has 0 spiro atoms. The molecule has 0 aromatic rings. The Morgan fingerprint density at radius 1 is 0.974 bits per heavy atom. The topological polar surface area (TPSA) is 74.4 Å². The van der Waals surface area contributed by atoms with Gasteiger partial charge in [0.25, 0.3) is 10.1 Å². The van der Waals surface area contributed by atoms with E-state index in [2.05, 4.69) is 79.9 Å². The number of allylic oxidation sites excluding steroid dienone is 1. The molecule has 3 aliphatic carbocycles. The molecule has 1 heterocycles. The summed E-state index contributed by atoms with van der Waals surface area (Å²) in [7, 11) is -6.28. The molecule has 4 aliphatic rings. The number of rotatable bonds is 10. The van der Waals surface area contributed by atoms with Crippen molar-refractivity contribution in [2.24, 2.45) is 34.5 Å². The third-order valence-corrected chi connectivity index (χ3v) is 12.4. The van der Waals surface area contributed by atoms with Crippen LogP contribution >= 0.6 is 0 Å². The van der Waals surface area contributed by atoms with Crippen molar-refractivity contribution in [1.29, 1.82) is 0 Å². The minimum Gasteiger partial charge on any atom is -0.412 e. The van der Waals surface area contributed by atoms with E-state index < -0.39 is 33.8 Å². The molecule has 4 fully saturated rings. The minimum atomic E-state index is -3.54. The molecule has 0 aromatic heterocycles. The fraction of sp³-hybridized carbons (Fsp3) is 0.933. The lowest BCUT2D eigenvalue weighted by Crippen LogP contribution is -2.51. The highest BCUT2D eigenvalue weighted by Gasteiger charge is 2.79. The average Bonchev–Trinajstić information content (AvgIpc) is 3.06. The summed E-state index contributed by atoms with van der Waals surface area (Å²) in [4.78, 5) is 0. The maximum Gasteiger partial charge on any atom is 0.264 e. The Hall–Kier alpha value is -0.0362. The molecule has 3 saturated carbocycles. The van der Waals surface area contributed by atoms with Crippen LogP contribution in [-0.4, -0.2) is 62.3 Å². The van der Waals surface area contributed by atoms with Crippen molar-refractivity contribution < 1.29 is 26.2 Å². The molecule has 6 nitrogen and oxygen atoms in total. The molecular weight excluding hydrogens is 545 g/mol. The molecule has 39 heavy (non-hydrogen) atoms. The normalized spacial score (nSPS) is 37.2. The number of fused-ring (bicyclic) bond motifs is 3. The number of hydrogen-bond donors (Lipinski definition) is 0. The first-order valence-electron chi connectivity index (χ1n) is 15.3. The van der Waals surface area contributed by atoms with Gasteiger partial charge in [-0.05, 0) is 86.4 Å². The third kappa shape index (κ3) is 6.07. The first kappa shape index (κ1) is 31.9. The quantitative estimate of drug-likeness (QED) is 0.131. The summed E-state index contributed by atoms with van der Waals surface area (Å²) < 4.78 is 49.6. The van der Waals surface area contributed by atoms with Gasteiger partial charge in [-0.1, -0.05) is 66.5 Å². The van der Waals surface area contributed by atoms with Gasteiger partial charge in [-0.15, -0.1) is 0 Å². The van der Waals surface area contributed by atoms with E-state index in [1.165, 1.54) is 25.7 Å². The molecule has 9 heteroatoms. The fourth-order valence-electron chi connectivity index (χ4n) is 8.59. The van der Waals surface area contributed by atoms with Crippen molar-refractivity contribution in [2.45, 2.75) is 129 Å². The largest absolute Gasteiger partial charge is 0.412 e. The van der Waals surface area contributed by atoms with Gasteiger partial charge in [0.15, 0.2) is 18.1 Å². The molecular formula is C30H56O6SSi2. The standard InChI is InChI=1S/C30H56O6SSi2/c1-26(2,3)23-19-29(35-38(8)9)24(18-28(25(29)34-28)20-33-37(7,31)32)22(23)16-17-30(27(4,5)6,36-39(10)11)21-14-12-13-15-21/h16-17,21-25,38-39H,12-15,18-20H2,1-11H3/t22-,23+,24-,25?,28?,29-,30+/m0/s1. The Morgan fingerprint density at radius 3 is 2.08 bits per heavy atom. The molecule has 7 atom stereocenters. The SMILES string of the molecule is C[SiH](C)O[C@@]12C[C@@H](C(C)(C)C)[C@H](C=C[C@@](O[SiH](C)C)(C3CCCC3)C(C)(C)C)[C@@H]1CC1(COS(C)(=O)=O)OC12. The van der Waals surface area contributed by atoms with Gasteiger partial charge in [0.2, 0.25) is 0 Å². The Labute approximate surface area is 242 Å². The Balaban J connectivity index is 1.76. The zero-order valence-corrected chi connectivity index (χ0v) is 29.6. The van der Waals surface area contributed by atoms with Gasteiger partial charge in [0, 0.05) is 0 Å². The molecule has 1 aliphatic heterocycles. The second-order valence-corrected chi connectivity index (χ2v) is 22.1. The van der Waals surface area contributed by atoms with Gasteiger partial charge in [0.05, 0.1) is 24.1 Å². The van der Waals surface area contributed by atoms with Gasteiger partial charge in [0.1, 0.15) is 11.7 Å². The van der Waals surface area contributed by atoms with Crippen LogP contribution in [0.5, 0.6) is 0 Å². The van der Waals surface area contributed by atoms with E-state index in [1.54, 1.807) is 0 Å². The van der Waals surface area contributed by atoms with Crippen LogP contribution in [0, 0.1) is 34.5 Å². The van der Waals surface area contributed by atoms with Crippen LogP contribution in [0.1, 0.15) is 80.1 Å². The van der Waals surface area contributed by atoms with E-state index in [0.29, 0.717) is 17.8 Å². The van der Waals surface area contributed by atoms with Gasteiger partial charge in [-0.25, -0.2) is 0 Å². The average molecular weight is 601 g/mol. The van der Waals surface area contributed by atoms with Crippen LogP contribution in [-0.2, 0) is 27.9 Å². The lowest BCUT2D eigenvalue weighted by molar-refractivity contribution is -0.0411. The summed E-state index contributed by atoms with van der Waals surface area (Å²) in [5.74, 6) is 1.55. The van der Waals surface area contributed by atoms with E-state index in [4.69, 9.17) is 17.8 Å². The lowest BCUT2D eigenvalue weighted by Gasteiger charge is -2.49. The maximum atomic E-state index is 11.9. The van der Waals surface area contributed by atoms with Gasteiger partial charge in [-0.2, -0.15) is 8.42 Å². The molecule has 0 N–H and O–H groups in total. The summed E-state index contributed by atoms with van der Waals surface area (Å²) in [5, 5.41) is 0. The highest BCUT2D eigenvalue weighted by molar-refractivity contribution is 7.85. The summed E-state index contributed by atoms with van der Waals surface area (Å²) >= 11 is 0. The zero-order chi connectivity index (χ0) is 29.2. The predicted octanol–water partition coefficient (Wildman–Crippen LogP) is 6.07. The van der Waals surface area contributed by atoms with Gasteiger partial charge >= 0.3 is 0 Å². The molecule has 0 aromatic carbocycles. The summed E-state index contributed by atoms with van der Waals surface area (Å²) in [6.07, 6.45) is 12.8. The lowest BCUT2D eigenvalue weighted by atomic mass is 9.66. The molecule has 0 radical (unpaired) electrons. The third-order valence-electron chi connectivity index (χ3n) is 10.1. The molecule has 1 saturated heterocycles. The van der Waals surface area contributed by atoms with E-state index in [0.717, 1.165) is 19.1 Å². The number of hydrogen-bond acceptors (Lipinski definition) is 6. The summed E-state index contributed by atoms with van der Waals surface area (Å²) in [5.41, 5.74) is -1.13. The first-order chi connectivity index (χ1) is 17.8. The van der Waals surface area contributed by atoms with Crippen LogP contribution in [0.15, 0.2) is 12.2 Å². The van der Waals surface area contributed by atoms with Crippen molar-refractivity contribution in [3.05, 3.63) is 12.2 Å². The monoisotopic (exact) mass is 600 g/mol. The van der Waals surface area contributed by atoms with E-state index >= 15 is 0 Å². The van der Waals surface area contributed by atoms with E-state index in [9.17, 15) is 8.42 Å². The molecule has 0 amide bonds. The number of epoxide rings is 1. The second-order valence-electron chi connectivity index (χ2n) is 15.8. The second kappa shape index (κ2) is 10.6. The maximum absolute atomic E-state index is 11.9. The number of ether oxygens (including phenoxy) is 1. The van der Waals surface area contributed by atoms with Crippen molar-refractivity contribution in [1.82, 2.24) is 0 Å². The highest BCUT2D eigenvalue weighted by Crippen LogP contribution is 2.70. The Bertz CT molecular complexity index is 1030. The fourth-order valence-corrected chi connectivity index (χ4v) is 11.7. The van der Waals surface area contributed by atoms with Crippen molar-refractivity contribution >= 4 is 28.2 Å². The van der Waals surface area contributed by atoms with Crippen LogP contribution < -0.4 is 0 Å². The van der Waals surface area contributed by atoms with Crippen LogP contribution in [0.3, 0.4) is 0 Å². The zero-order valence-electron chi connectivity index (χ0n) is 26.5. The molecule has 4 rings (SSSR count). The smallest absolute Gasteiger partial charge is 0.264 e. The van der Waals surface area contributed by atoms with Crippen molar-refractivity contribution in [3.8, 4) is 0 Å². The van der Waals surface area contributed by atoms with Gasteiger partial charge < -0.3 is 13.6 Å². The highest BCUT2D eigenvalue weighted by atomic mass is 32.2. The van der Waals surface area contributed by atoms with Crippen LogP contribution in [0.2, 0.25) is 26.2 Å². The van der Waals surface area contributed by atoms with Crippen LogP contribution in [0.25, 0.3) is 0 Å². The van der Waals surface area contributed by atoms with E-state index in [1.807, 2.05) is 0 Å². The Morgan fingerprint density at radius 2 is 1.59 bits per heavy atom.